The molecule has 0 rings (SSSR count). The SMILES string of the molecule is CCCCN(CCCC)C(C)C(C)N(CCCC)CCCC. The third kappa shape index (κ3) is 9.15. The lowest BCUT2D eigenvalue weighted by atomic mass is 10.1. The van der Waals surface area contributed by atoms with Gasteiger partial charge in [0.15, 0.2) is 0 Å². The quantitative estimate of drug-likeness (QED) is 0.390. The molecule has 0 aromatic rings. The van der Waals surface area contributed by atoms with Crippen LogP contribution in [-0.2, 0) is 0 Å². The highest BCUT2D eigenvalue weighted by Crippen LogP contribution is 2.15. The van der Waals surface area contributed by atoms with E-state index in [1.807, 2.05) is 0 Å². The lowest BCUT2D eigenvalue weighted by Crippen LogP contribution is -2.50. The first-order valence-electron chi connectivity index (χ1n) is 10.1. The van der Waals surface area contributed by atoms with Crippen molar-refractivity contribution in [1.82, 2.24) is 9.80 Å². The van der Waals surface area contributed by atoms with Crippen molar-refractivity contribution in [2.75, 3.05) is 26.2 Å². The smallest absolute Gasteiger partial charge is 0.0220 e. The molecular formula is C20H44N2. The predicted octanol–water partition coefficient (Wildman–Crippen LogP) is 5.57. The Morgan fingerprint density at radius 1 is 0.500 bits per heavy atom. The molecule has 0 aliphatic carbocycles. The number of unbranched alkanes of at least 4 members (excludes halogenated alkanes) is 4. The summed E-state index contributed by atoms with van der Waals surface area (Å²) in [5.41, 5.74) is 0. The fourth-order valence-electron chi connectivity index (χ4n) is 3.09. The lowest BCUT2D eigenvalue weighted by Gasteiger charge is -2.39. The van der Waals surface area contributed by atoms with Crippen molar-refractivity contribution in [3.63, 3.8) is 0 Å². The second kappa shape index (κ2) is 14.5. The minimum Gasteiger partial charge on any atom is -0.299 e. The largest absolute Gasteiger partial charge is 0.299 e. The molecule has 2 unspecified atom stereocenters. The fourth-order valence-corrected chi connectivity index (χ4v) is 3.09. The maximum absolute atomic E-state index is 2.75. The van der Waals surface area contributed by atoms with Gasteiger partial charge in [-0.3, -0.25) is 9.80 Å². The molecule has 0 radical (unpaired) electrons. The van der Waals surface area contributed by atoms with E-state index in [-0.39, 0.29) is 0 Å². The van der Waals surface area contributed by atoms with Gasteiger partial charge in [-0.05, 0) is 65.7 Å². The van der Waals surface area contributed by atoms with Crippen molar-refractivity contribution in [2.24, 2.45) is 0 Å². The molecule has 0 aromatic carbocycles. The lowest BCUT2D eigenvalue weighted by molar-refractivity contribution is 0.0909. The van der Waals surface area contributed by atoms with Crippen LogP contribution >= 0.6 is 0 Å². The summed E-state index contributed by atoms with van der Waals surface area (Å²) in [4.78, 5) is 5.51. The average Bonchev–Trinajstić information content (AvgIpc) is 2.54. The number of nitrogens with zero attached hydrogens (tertiary/aromatic N) is 2. The van der Waals surface area contributed by atoms with Gasteiger partial charge in [0.1, 0.15) is 0 Å². The second-order valence-electron chi connectivity index (χ2n) is 6.97. The highest BCUT2D eigenvalue weighted by atomic mass is 15.2. The topological polar surface area (TPSA) is 6.48 Å². The van der Waals surface area contributed by atoms with Crippen molar-refractivity contribution >= 4 is 0 Å². The van der Waals surface area contributed by atoms with Crippen molar-refractivity contribution in [3.8, 4) is 0 Å². The van der Waals surface area contributed by atoms with E-state index in [4.69, 9.17) is 0 Å². The van der Waals surface area contributed by atoms with Crippen molar-refractivity contribution in [3.05, 3.63) is 0 Å². The van der Waals surface area contributed by atoms with Gasteiger partial charge in [0.25, 0.3) is 0 Å². The van der Waals surface area contributed by atoms with Gasteiger partial charge < -0.3 is 0 Å². The molecule has 0 heterocycles. The summed E-state index contributed by atoms with van der Waals surface area (Å²) in [6, 6.07) is 1.35. The molecule has 0 saturated heterocycles. The van der Waals surface area contributed by atoms with E-state index in [2.05, 4.69) is 51.3 Å². The molecule has 0 amide bonds. The second-order valence-corrected chi connectivity index (χ2v) is 6.97. The molecule has 0 N–H and O–H groups in total. The Morgan fingerprint density at radius 2 is 0.727 bits per heavy atom. The normalized spacial score (nSPS) is 14.7. The van der Waals surface area contributed by atoms with Gasteiger partial charge in [-0.15, -0.1) is 0 Å². The molecule has 0 spiro atoms. The first-order chi connectivity index (χ1) is 10.6. The molecule has 134 valence electrons. The van der Waals surface area contributed by atoms with Crippen LogP contribution in [0.4, 0.5) is 0 Å². The summed E-state index contributed by atoms with van der Waals surface area (Å²) >= 11 is 0. The summed E-state index contributed by atoms with van der Waals surface area (Å²) in [7, 11) is 0. The number of rotatable bonds is 15. The Bertz CT molecular complexity index is 190. The zero-order valence-corrected chi connectivity index (χ0v) is 16.5. The molecule has 0 fully saturated rings. The van der Waals surface area contributed by atoms with Crippen LogP contribution in [0.5, 0.6) is 0 Å². The van der Waals surface area contributed by atoms with Gasteiger partial charge in [-0.25, -0.2) is 0 Å². The van der Waals surface area contributed by atoms with E-state index < -0.39 is 0 Å². The zero-order chi connectivity index (χ0) is 16.8. The standard InChI is InChI=1S/C20H44N2/c1-7-11-15-21(16-12-8-2)19(5)20(6)22(17-13-9-3)18-14-10-4/h19-20H,7-18H2,1-6H3. The van der Waals surface area contributed by atoms with Gasteiger partial charge in [-0.2, -0.15) is 0 Å². The summed E-state index contributed by atoms with van der Waals surface area (Å²) in [5, 5.41) is 0. The predicted molar refractivity (Wildman–Crippen MR) is 102 cm³/mol. The zero-order valence-electron chi connectivity index (χ0n) is 16.5. The molecule has 22 heavy (non-hydrogen) atoms. The Hall–Kier alpha value is -0.0800. The van der Waals surface area contributed by atoms with Gasteiger partial charge in [-0.1, -0.05) is 53.4 Å². The van der Waals surface area contributed by atoms with E-state index in [0.717, 1.165) is 0 Å². The Morgan fingerprint density at radius 3 is 0.909 bits per heavy atom. The van der Waals surface area contributed by atoms with Crippen molar-refractivity contribution in [1.29, 1.82) is 0 Å². The minimum atomic E-state index is 0.673. The maximum Gasteiger partial charge on any atom is 0.0220 e. The molecule has 0 bridgehead atoms. The molecule has 0 aliphatic heterocycles. The van der Waals surface area contributed by atoms with Gasteiger partial charge in [0, 0.05) is 12.1 Å². The van der Waals surface area contributed by atoms with Crippen LogP contribution in [-0.4, -0.2) is 48.1 Å². The van der Waals surface area contributed by atoms with Crippen LogP contribution in [0.25, 0.3) is 0 Å². The Labute approximate surface area is 141 Å². The van der Waals surface area contributed by atoms with Crippen LogP contribution in [0.15, 0.2) is 0 Å². The summed E-state index contributed by atoms with van der Waals surface area (Å²) < 4.78 is 0. The molecule has 0 saturated carbocycles. The Balaban J connectivity index is 4.66. The maximum atomic E-state index is 2.75. The highest BCUT2D eigenvalue weighted by molar-refractivity contribution is 4.80. The monoisotopic (exact) mass is 312 g/mol. The average molecular weight is 313 g/mol. The van der Waals surface area contributed by atoms with E-state index in [0.29, 0.717) is 12.1 Å². The highest BCUT2D eigenvalue weighted by Gasteiger charge is 2.24. The number of hydrogen-bond acceptors (Lipinski definition) is 2. The molecular weight excluding hydrogens is 268 g/mol. The molecule has 2 nitrogen and oxygen atoms in total. The first kappa shape index (κ1) is 21.9. The summed E-state index contributed by atoms with van der Waals surface area (Å²) in [5.74, 6) is 0. The summed E-state index contributed by atoms with van der Waals surface area (Å²) in [6.07, 6.45) is 10.6. The van der Waals surface area contributed by atoms with Crippen molar-refractivity contribution < 1.29 is 0 Å². The van der Waals surface area contributed by atoms with Gasteiger partial charge >= 0.3 is 0 Å². The molecule has 0 aromatic heterocycles. The Kier molecular flexibility index (Phi) is 14.5. The third-order valence-electron chi connectivity index (χ3n) is 5.05. The van der Waals surface area contributed by atoms with E-state index in [9.17, 15) is 0 Å². The van der Waals surface area contributed by atoms with E-state index in [1.54, 1.807) is 0 Å². The van der Waals surface area contributed by atoms with Crippen LogP contribution in [0.3, 0.4) is 0 Å². The first-order valence-corrected chi connectivity index (χ1v) is 10.1. The van der Waals surface area contributed by atoms with Crippen LogP contribution in [0, 0.1) is 0 Å². The minimum absolute atomic E-state index is 0.673. The summed E-state index contributed by atoms with van der Waals surface area (Å²) in [6.45, 7) is 19.2. The third-order valence-corrected chi connectivity index (χ3v) is 5.05. The van der Waals surface area contributed by atoms with Gasteiger partial charge in [0.2, 0.25) is 0 Å². The van der Waals surface area contributed by atoms with Crippen LogP contribution in [0.1, 0.15) is 92.9 Å². The number of hydrogen-bond donors (Lipinski definition) is 0. The molecule has 2 heteroatoms. The fraction of sp³-hybridized carbons (Fsp3) is 1.00. The molecule has 2 atom stereocenters. The van der Waals surface area contributed by atoms with E-state index in [1.165, 1.54) is 77.5 Å². The molecule has 0 aliphatic rings. The van der Waals surface area contributed by atoms with Crippen LogP contribution < -0.4 is 0 Å². The van der Waals surface area contributed by atoms with Gasteiger partial charge in [0.05, 0.1) is 0 Å². The van der Waals surface area contributed by atoms with Crippen LogP contribution in [0.2, 0.25) is 0 Å². The van der Waals surface area contributed by atoms with Crippen molar-refractivity contribution in [2.45, 2.75) is 105 Å². The van der Waals surface area contributed by atoms with E-state index >= 15 is 0 Å².